The number of benzene rings is 1. The van der Waals surface area contributed by atoms with E-state index in [1.54, 1.807) is 14.2 Å². The fraction of sp³-hybridized carbons (Fsp3) is 0.550. The van der Waals surface area contributed by atoms with Gasteiger partial charge in [-0.3, -0.25) is 4.79 Å². The lowest BCUT2D eigenvalue weighted by Gasteiger charge is -2.37. The maximum absolute atomic E-state index is 12.2. The molecule has 0 spiro atoms. The largest absolute Gasteiger partial charge is 0.493 e. The van der Waals surface area contributed by atoms with Gasteiger partial charge in [0, 0.05) is 19.1 Å². The molecule has 1 fully saturated rings. The molecule has 1 aromatic rings. The molecule has 1 saturated heterocycles. The summed E-state index contributed by atoms with van der Waals surface area (Å²) in [6.07, 6.45) is 5.91. The number of nitrogens with one attached hydrogen (secondary N) is 2. The van der Waals surface area contributed by atoms with Crippen LogP contribution in [0.4, 0.5) is 0 Å². The van der Waals surface area contributed by atoms with Crippen molar-refractivity contribution in [2.45, 2.75) is 19.8 Å². The fourth-order valence-corrected chi connectivity index (χ4v) is 3.22. The standard InChI is InChI=1S/C20H30N2O4.ClH/c1-4-5-16-6-7-17(18(12-16)25-3)26-13-19(23)22-14-20(15-24-2)8-10-21-11-9-20;/h4-7,12,21H,8-11,13-15H2,1-3H3,(H,22,23);1H/b5-4+;. The predicted molar refractivity (Wildman–Crippen MR) is 110 cm³/mol. The average molecular weight is 399 g/mol. The Balaban J connectivity index is 0.00000364. The second kappa shape index (κ2) is 11.8. The number of rotatable bonds is 9. The van der Waals surface area contributed by atoms with Gasteiger partial charge in [0.25, 0.3) is 5.91 Å². The Bertz CT molecular complexity index is 610. The van der Waals surface area contributed by atoms with Gasteiger partial charge in [0.2, 0.25) is 0 Å². The molecule has 27 heavy (non-hydrogen) atoms. The van der Waals surface area contributed by atoms with Gasteiger partial charge in [-0.05, 0) is 50.6 Å². The zero-order chi connectivity index (χ0) is 18.8. The minimum Gasteiger partial charge on any atom is -0.493 e. The first-order valence-corrected chi connectivity index (χ1v) is 9.02. The van der Waals surface area contributed by atoms with Crippen molar-refractivity contribution in [2.75, 3.05) is 47.1 Å². The van der Waals surface area contributed by atoms with Crippen molar-refractivity contribution in [2.24, 2.45) is 5.41 Å². The Morgan fingerprint density at radius 1 is 1.26 bits per heavy atom. The molecule has 6 nitrogen and oxygen atoms in total. The molecule has 0 atom stereocenters. The molecule has 1 aromatic carbocycles. The van der Waals surface area contributed by atoms with Crippen LogP contribution < -0.4 is 20.1 Å². The van der Waals surface area contributed by atoms with Crippen molar-refractivity contribution in [3.8, 4) is 11.5 Å². The number of allylic oxidation sites excluding steroid dienone is 1. The molecule has 1 aliphatic rings. The first-order valence-electron chi connectivity index (χ1n) is 9.02. The van der Waals surface area contributed by atoms with Crippen LogP contribution >= 0.6 is 12.4 Å². The Morgan fingerprint density at radius 2 is 2.00 bits per heavy atom. The zero-order valence-corrected chi connectivity index (χ0v) is 17.2. The maximum atomic E-state index is 12.2. The highest BCUT2D eigenvalue weighted by atomic mass is 35.5. The van der Waals surface area contributed by atoms with Crippen molar-refractivity contribution < 1.29 is 19.0 Å². The third-order valence-electron chi connectivity index (χ3n) is 4.68. The van der Waals surface area contributed by atoms with E-state index in [4.69, 9.17) is 14.2 Å². The summed E-state index contributed by atoms with van der Waals surface area (Å²) in [4.78, 5) is 12.2. The average Bonchev–Trinajstić information content (AvgIpc) is 2.66. The summed E-state index contributed by atoms with van der Waals surface area (Å²) in [7, 11) is 3.30. The van der Waals surface area contributed by atoms with E-state index in [2.05, 4.69) is 10.6 Å². The van der Waals surface area contributed by atoms with Crippen LogP contribution in [0, 0.1) is 5.41 Å². The van der Waals surface area contributed by atoms with E-state index in [-0.39, 0.29) is 30.3 Å². The van der Waals surface area contributed by atoms with E-state index >= 15 is 0 Å². The van der Waals surface area contributed by atoms with Crippen LogP contribution in [0.2, 0.25) is 0 Å². The van der Waals surface area contributed by atoms with Gasteiger partial charge in [-0.15, -0.1) is 12.4 Å². The number of amides is 1. The van der Waals surface area contributed by atoms with Gasteiger partial charge in [0.1, 0.15) is 0 Å². The highest BCUT2D eigenvalue weighted by molar-refractivity contribution is 5.85. The Morgan fingerprint density at radius 3 is 2.63 bits per heavy atom. The molecule has 1 amide bonds. The molecule has 0 aliphatic carbocycles. The Hall–Kier alpha value is -1.76. The quantitative estimate of drug-likeness (QED) is 0.669. The van der Waals surface area contributed by atoms with Crippen molar-refractivity contribution in [1.29, 1.82) is 0 Å². The normalized spacial score (nSPS) is 15.8. The first kappa shape index (κ1) is 23.3. The van der Waals surface area contributed by atoms with Gasteiger partial charge in [0.15, 0.2) is 18.1 Å². The molecule has 1 heterocycles. The molecule has 2 N–H and O–H groups in total. The molecule has 7 heteroatoms. The molecule has 1 aliphatic heterocycles. The van der Waals surface area contributed by atoms with Gasteiger partial charge in [-0.25, -0.2) is 0 Å². The maximum Gasteiger partial charge on any atom is 0.257 e. The van der Waals surface area contributed by atoms with E-state index in [9.17, 15) is 4.79 Å². The molecule has 0 aromatic heterocycles. The van der Waals surface area contributed by atoms with Gasteiger partial charge in [-0.1, -0.05) is 18.2 Å². The van der Waals surface area contributed by atoms with Crippen LogP contribution in [0.1, 0.15) is 25.3 Å². The van der Waals surface area contributed by atoms with Gasteiger partial charge < -0.3 is 24.8 Å². The summed E-state index contributed by atoms with van der Waals surface area (Å²) >= 11 is 0. The van der Waals surface area contributed by atoms with Crippen LogP contribution in [0.15, 0.2) is 24.3 Å². The Kier molecular flexibility index (Phi) is 10.2. The number of methoxy groups -OCH3 is 2. The SMILES string of the molecule is C/C=C/c1ccc(OCC(=O)NCC2(COC)CCNCC2)c(OC)c1.Cl. The Labute approximate surface area is 168 Å². The second-order valence-electron chi connectivity index (χ2n) is 6.66. The number of carbonyl (C=O) groups is 1. The van der Waals surface area contributed by atoms with Gasteiger partial charge in [-0.2, -0.15) is 0 Å². The van der Waals surface area contributed by atoms with Crippen LogP contribution in [0.3, 0.4) is 0 Å². The number of hydrogen-bond acceptors (Lipinski definition) is 5. The second-order valence-corrected chi connectivity index (χ2v) is 6.66. The summed E-state index contributed by atoms with van der Waals surface area (Å²) in [5.74, 6) is 1.03. The minimum absolute atomic E-state index is 0. The predicted octanol–water partition coefficient (Wildman–Crippen LogP) is 2.66. The topological polar surface area (TPSA) is 68.8 Å². The van der Waals surface area contributed by atoms with Crippen LogP contribution in [0.25, 0.3) is 6.08 Å². The summed E-state index contributed by atoms with van der Waals surface area (Å²) in [5.41, 5.74) is 1.02. The number of piperidine rings is 1. The number of carbonyl (C=O) groups excluding carboxylic acids is 1. The molecular weight excluding hydrogens is 368 g/mol. The van der Waals surface area contributed by atoms with E-state index in [1.165, 1.54) is 0 Å². The summed E-state index contributed by atoms with van der Waals surface area (Å²) < 4.78 is 16.4. The number of ether oxygens (including phenoxy) is 3. The lowest BCUT2D eigenvalue weighted by molar-refractivity contribution is -0.124. The van der Waals surface area contributed by atoms with Crippen LogP contribution in [-0.4, -0.2) is 53.0 Å². The molecule has 0 radical (unpaired) electrons. The van der Waals surface area contributed by atoms with E-state index < -0.39 is 0 Å². The molecule has 2 rings (SSSR count). The molecule has 0 saturated carbocycles. The summed E-state index contributed by atoms with van der Waals surface area (Å²) in [6, 6.07) is 5.63. The van der Waals surface area contributed by atoms with Crippen molar-refractivity contribution in [3.63, 3.8) is 0 Å². The fourth-order valence-electron chi connectivity index (χ4n) is 3.22. The zero-order valence-electron chi connectivity index (χ0n) is 16.4. The monoisotopic (exact) mass is 398 g/mol. The third-order valence-corrected chi connectivity index (χ3v) is 4.68. The van der Waals surface area contributed by atoms with Crippen LogP contribution in [0.5, 0.6) is 11.5 Å². The van der Waals surface area contributed by atoms with Gasteiger partial charge in [0.05, 0.1) is 13.7 Å². The number of hydrogen-bond donors (Lipinski definition) is 2. The highest BCUT2D eigenvalue weighted by Gasteiger charge is 2.32. The van der Waals surface area contributed by atoms with E-state index in [0.29, 0.717) is 24.7 Å². The molecule has 0 bridgehead atoms. The minimum atomic E-state index is -0.140. The third kappa shape index (κ3) is 7.05. The lowest BCUT2D eigenvalue weighted by atomic mass is 9.79. The molecular formula is C20H31ClN2O4. The number of halogens is 1. The highest BCUT2D eigenvalue weighted by Crippen LogP contribution is 2.29. The van der Waals surface area contributed by atoms with E-state index in [0.717, 1.165) is 31.5 Å². The lowest BCUT2D eigenvalue weighted by Crippen LogP contribution is -2.47. The van der Waals surface area contributed by atoms with E-state index in [1.807, 2.05) is 37.3 Å². The molecule has 0 unspecified atom stereocenters. The van der Waals surface area contributed by atoms with Gasteiger partial charge >= 0.3 is 0 Å². The smallest absolute Gasteiger partial charge is 0.257 e. The van der Waals surface area contributed by atoms with Crippen LogP contribution in [-0.2, 0) is 9.53 Å². The summed E-state index contributed by atoms with van der Waals surface area (Å²) in [6.45, 7) is 5.07. The molecule has 152 valence electrons. The van der Waals surface area contributed by atoms with Crippen molar-refractivity contribution in [1.82, 2.24) is 10.6 Å². The first-order chi connectivity index (χ1) is 12.6. The van der Waals surface area contributed by atoms with Crippen molar-refractivity contribution >= 4 is 24.4 Å². The summed E-state index contributed by atoms with van der Waals surface area (Å²) in [5, 5.41) is 6.34. The van der Waals surface area contributed by atoms with Crippen molar-refractivity contribution in [3.05, 3.63) is 29.8 Å².